The lowest BCUT2D eigenvalue weighted by molar-refractivity contribution is 0.165. The summed E-state index contributed by atoms with van der Waals surface area (Å²) in [7, 11) is -1.67. The van der Waals surface area contributed by atoms with Crippen LogP contribution in [0.2, 0.25) is 0 Å². The van der Waals surface area contributed by atoms with Gasteiger partial charge < -0.3 is 9.64 Å². The van der Waals surface area contributed by atoms with Gasteiger partial charge in [0.05, 0.1) is 6.20 Å². The molecule has 1 aliphatic heterocycles. The number of ether oxygens (including phenoxy) is 1. The van der Waals surface area contributed by atoms with Crippen LogP contribution in [0, 0.1) is 0 Å². The Hall–Kier alpha value is -0.960. The van der Waals surface area contributed by atoms with Crippen molar-refractivity contribution < 1.29 is 13.2 Å². The molecule has 2 heterocycles. The number of piperazine rings is 1. The average molecular weight is 302 g/mol. The van der Waals surface area contributed by atoms with E-state index in [2.05, 4.69) is 15.1 Å². The summed E-state index contributed by atoms with van der Waals surface area (Å²) in [5, 5.41) is 6.25. The highest BCUT2D eigenvalue weighted by Gasteiger charge is 2.28. The van der Waals surface area contributed by atoms with Gasteiger partial charge in [0, 0.05) is 46.1 Å². The molecular weight excluding hydrogens is 280 g/mol. The fourth-order valence-corrected chi connectivity index (χ4v) is 3.63. The molecule has 1 aromatic rings. The Labute approximate surface area is 120 Å². The zero-order chi connectivity index (χ0) is 14.4. The van der Waals surface area contributed by atoms with E-state index in [4.69, 9.17) is 4.74 Å². The normalized spacial score (nSPS) is 18.4. The third kappa shape index (κ3) is 3.78. The molecule has 1 fully saturated rings. The predicted octanol–water partition coefficient (Wildman–Crippen LogP) is 0.143. The van der Waals surface area contributed by atoms with Crippen molar-refractivity contribution in [2.45, 2.75) is 17.7 Å². The Kier molecular flexibility index (Phi) is 5.53. The van der Waals surface area contributed by atoms with Crippen LogP contribution in [0.25, 0.3) is 0 Å². The Morgan fingerprint density at radius 3 is 2.65 bits per heavy atom. The summed E-state index contributed by atoms with van der Waals surface area (Å²) in [5.41, 5.74) is 0. The standard InChI is InChI=1S/C12H22N4O3S/c1-19-9-3-2-4-15-5-7-16(8-6-15)20(17,18)12-10-13-14-11-12/h10-11H,2-9H2,1H3,(H,13,14). The highest BCUT2D eigenvalue weighted by molar-refractivity contribution is 7.89. The summed E-state index contributed by atoms with van der Waals surface area (Å²) in [4.78, 5) is 2.54. The summed E-state index contributed by atoms with van der Waals surface area (Å²) >= 11 is 0. The van der Waals surface area contributed by atoms with E-state index in [1.165, 1.54) is 16.7 Å². The number of aromatic amines is 1. The molecule has 1 aromatic heterocycles. The first-order valence-electron chi connectivity index (χ1n) is 6.85. The molecule has 0 saturated carbocycles. The van der Waals surface area contributed by atoms with Gasteiger partial charge >= 0.3 is 0 Å². The first-order valence-corrected chi connectivity index (χ1v) is 8.29. The van der Waals surface area contributed by atoms with Gasteiger partial charge in [-0.15, -0.1) is 0 Å². The number of nitrogens with zero attached hydrogens (tertiary/aromatic N) is 3. The second-order valence-corrected chi connectivity index (χ2v) is 6.82. The van der Waals surface area contributed by atoms with E-state index in [-0.39, 0.29) is 4.90 Å². The van der Waals surface area contributed by atoms with E-state index in [0.29, 0.717) is 13.1 Å². The summed E-state index contributed by atoms with van der Waals surface area (Å²) in [6.07, 6.45) is 4.91. The van der Waals surface area contributed by atoms with Gasteiger partial charge in [-0.25, -0.2) is 8.42 Å². The van der Waals surface area contributed by atoms with Crippen molar-refractivity contribution in [1.29, 1.82) is 0 Å². The van der Waals surface area contributed by atoms with Crippen LogP contribution in [0.4, 0.5) is 0 Å². The molecule has 8 heteroatoms. The van der Waals surface area contributed by atoms with Crippen LogP contribution in [0.5, 0.6) is 0 Å². The van der Waals surface area contributed by atoms with E-state index in [1.807, 2.05) is 0 Å². The Morgan fingerprint density at radius 2 is 2.05 bits per heavy atom. The van der Waals surface area contributed by atoms with Gasteiger partial charge in [0.1, 0.15) is 4.90 Å². The number of aromatic nitrogens is 2. The SMILES string of the molecule is COCCCCN1CCN(S(=O)(=O)c2cn[nH]c2)CC1. The predicted molar refractivity (Wildman–Crippen MR) is 74.9 cm³/mol. The van der Waals surface area contributed by atoms with Crippen molar-refractivity contribution in [2.24, 2.45) is 0 Å². The number of methoxy groups -OCH3 is 1. The molecule has 0 radical (unpaired) electrons. The fourth-order valence-electron chi connectivity index (χ4n) is 2.30. The quantitative estimate of drug-likeness (QED) is 0.725. The lowest BCUT2D eigenvalue weighted by Crippen LogP contribution is -2.48. The van der Waals surface area contributed by atoms with Crippen molar-refractivity contribution in [2.75, 3.05) is 46.4 Å². The van der Waals surface area contributed by atoms with Crippen molar-refractivity contribution >= 4 is 10.0 Å². The lowest BCUT2D eigenvalue weighted by Gasteiger charge is -2.33. The van der Waals surface area contributed by atoms with Crippen LogP contribution in [0.15, 0.2) is 17.3 Å². The van der Waals surface area contributed by atoms with Gasteiger partial charge in [0.15, 0.2) is 0 Å². The first-order chi connectivity index (χ1) is 9.64. The van der Waals surface area contributed by atoms with Crippen LogP contribution < -0.4 is 0 Å². The molecule has 0 atom stereocenters. The lowest BCUT2D eigenvalue weighted by atomic mass is 10.3. The van der Waals surface area contributed by atoms with Crippen molar-refractivity contribution in [3.05, 3.63) is 12.4 Å². The molecule has 0 bridgehead atoms. The topological polar surface area (TPSA) is 78.5 Å². The Balaban J connectivity index is 1.79. The molecule has 1 aliphatic rings. The number of unbranched alkanes of at least 4 members (excludes halogenated alkanes) is 1. The number of nitrogens with one attached hydrogen (secondary N) is 1. The van der Waals surface area contributed by atoms with Crippen molar-refractivity contribution in [1.82, 2.24) is 19.4 Å². The van der Waals surface area contributed by atoms with Crippen molar-refractivity contribution in [3.63, 3.8) is 0 Å². The molecule has 1 N–H and O–H groups in total. The maximum absolute atomic E-state index is 12.3. The second-order valence-electron chi connectivity index (χ2n) is 4.88. The maximum atomic E-state index is 12.3. The number of rotatable bonds is 7. The summed E-state index contributed by atoms with van der Waals surface area (Å²) in [5.74, 6) is 0. The fraction of sp³-hybridized carbons (Fsp3) is 0.750. The molecule has 0 spiro atoms. The zero-order valence-corrected chi connectivity index (χ0v) is 12.6. The minimum Gasteiger partial charge on any atom is -0.385 e. The van der Waals surface area contributed by atoms with E-state index >= 15 is 0 Å². The largest absolute Gasteiger partial charge is 0.385 e. The number of sulfonamides is 1. The van der Waals surface area contributed by atoms with Gasteiger partial charge in [0.2, 0.25) is 10.0 Å². The molecule has 7 nitrogen and oxygen atoms in total. The van der Waals surface area contributed by atoms with Crippen LogP contribution in [0.1, 0.15) is 12.8 Å². The second kappa shape index (κ2) is 7.16. The van der Waals surface area contributed by atoms with Gasteiger partial charge in [-0.05, 0) is 19.4 Å². The molecule has 2 rings (SSSR count). The van der Waals surface area contributed by atoms with Gasteiger partial charge in [-0.2, -0.15) is 9.40 Å². The molecule has 114 valence electrons. The molecule has 0 aliphatic carbocycles. The Morgan fingerprint density at radius 1 is 1.30 bits per heavy atom. The third-order valence-corrected chi connectivity index (χ3v) is 5.38. The Bertz CT molecular complexity index is 481. The van der Waals surface area contributed by atoms with E-state index in [0.717, 1.165) is 39.1 Å². The van der Waals surface area contributed by atoms with Crippen LogP contribution in [-0.2, 0) is 14.8 Å². The molecule has 0 unspecified atom stereocenters. The van der Waals surface area contributed by atoms with E-state index < -0.39 is 10.0 Å². The first kappa shape index (κ1) is 15.4. The summed E-state index contributed by atoms with van der Waals surface area (Å²) in [6, 6.07) is 0. The summed E-state index contributed by atoms with van der Waals surface area (Å²) < 4.78 is 31.1. The molecular formula is C12H22N4O3S. The van der Waals surface area contributed by atoms with E-state index in [1.54, 1.807) is 7.11 Å². The van der Waals surface area contributed by atoms with Gasteiger partial charge in [-0.1, -0.05) is 0 Å². The zero-order valence-electron chi connectivity index (χ0n) is 11.8. The monoisotopic (exact) mass is 302 g/mol. The number of hydrogen-bond acceptors (Lipinski definition) is 5. The van der Waals surface area contributed by atoms with Crippen LogP contribution in [-0.4, -0.2) is 74.3 Å². The molecule has 0 amide bonds. The van der Waals surface area contributed by atoms with Crippen molar-refractivity contribution in [3.8, 4) is 0 Å². The van der Waals surface area contributed by atoms with Gasteiger partial charge in [0.25, 0.3) is 0 Å². The summed E-state index contributed by atoms with van der Waals surface area (Å²) in [6.45, 7) is 4.43. The molecule has 20 heavy (non-hydrogen) atoms. The molecule has 1 saturated heterocycles. The van der Waals surface area contributed by atoms with E-state index in [9.17, 15) is 8.42 Å². The minimum atomic E-state index is -3.38. The number of H-pyrrole nitrogens is 1. The third-order valence-electron chi connectivity index (χ3n) is 3.51. The number of hydrogen-bond donors (Lipinski definition) is 1. The highest BCUT2D eigenvalue weighted by atomic mass is 32.2. The van der Waals surface area contributed by atoms with Gasteiger partial charge in [-0.3, -0.25) is 5.10 Å². The smallest absolute Gasteiger partial charge is 0.246 e. The van der Waals surface area contributed by atoms with Crippen LogP contribution >= 0.6 is 0 Å². The maximum Gasteiger partial charge on any atom is 0.246 e. The highest BCUT2D eigenvalue weighted by Crippen LogP contribution is 2.16. The molecule has 0 aromatic carbocycles. The minimum absolute atomic E-state index is 0.242. The average Bonchev–Trinajstić information content (AvgIpc) is 2.99. The van der Waals surface area contributed by atoms with Crippen LogP contribution in [0.3, 0.4) is 0 Å².